The van der Waals surface area contributed by atoms with E-state index in [2.05, 4.69) is 43.2 Å². The number of aromatic amines is 1. The van der Waals surface area contributed by atoms with Crippen LogP contribution in [-0.4, -0.2) is 10.9 Å². The van der Waals surface area contributed by atoms with Gasteiger partial charge < -0.3 is 10.3 Å². The fourth-order valence-corrected chi connectivity index (χ4v) is 1.70. The highest BCUT2D eigenvalue weighted by Crippen LogP contribution is 2.17. The Morgan fingerprint density at radius 2 is 1.85 bits per heavy atom. The Balaban J connectivity index is 2.04. The van der Waals surface area contributed by atoms with Gasteiger partial charge in [-0.05, 0) is 29.2 Å². The smallest absolute Gasteiger partial charge is 0.255 e. The fourth-order valence-electron chi connectivity index (χ4n) is 1.70. The molecule has 0 spiro atoms. The second-order valence-electron chi connectivity index (χ2n) is 5.88. The third-order valence-corrected chi connectivity index (χ3v) is 2.80. The molecular weight excluding hydrogens is 248 g/mol. The van der Waals surface area contributed by atoms with Crippen molar-refractivity contribution in [3.63, 3.8) is 0 Å². The van der Waals surface area contributed by atoms with E-state index in [0.717, 1.165) is 11.3 Å². The average molecular weight is 268 g/mol. The van der Waals surface area contributed by atoms with Gasteiger partial charge in [0, 0.05) is 18.0 Å². The first-order valence-corrected chi connectivity index (χ1v) is 6.67. The van der Waals surface area contributed by atoms with Gasteiger partial charge in [0.15, 0.2) is 0 Å². The molecule has 0 radical (unpaired) electrons. The van der Waals surface area contributed by atoms with Crippen molar-refractivity contribution in [2.45, 2.75) is 20.8 Å². The molecule has 0 saturated carbocycles. The van der Waals surface area contributed by atoms with Crippen molar-refractivity contribution >= 4 is 17.7 Å². The predicted molar refractivity (Wildman–Crippen MR) is 83.7 cm³/mol. The Morgan fingerprint density at radius 3 is 2.40 bits per heavy atom. The molecule has 0 fully saturated rings. The maximum atomic E-state index is 12.0. The predicted octanol–water partition coefficient (Wildman–Crippen LogP) is 4.33. The molecule has 0 aliphatic rings. The molecule has 0 aliphatic carbocycles. The first-order valence-electron chi connectivity index (χ1n) is 6.67. The van der Waals surface area contributed by atoms with Gasteiger partial charge in [-0.15, -0.1) is 0 Å². The lowest BCUT2D eigenvalue weighted by atomic mass is 9.95. The van der Waals surface area contributed by atoms with Gasteiger partial charge in [-0.2, -0.15) is 0 Å². The summed E-state index contributed by atoms with van der Waals surface area (Å²) in [4.78, 5) is 14.9. The summed E-state index contributed by atoms with van der Waals surface area (Å²) < 4.78 is 0. The van der Waals surface area contributed by atoms with Gasteiger partial charge >= 0.3 is 0 Å². The van der Waals surface area contributed by atoms with E-state index in [-0.39, 0.29) is 11.3 Å². The van der Waals surface area contributed by atoms with E-state index in [0.29, 0.717) is 5.56 Å². The molecule has 0 aliphatic heterocycles. The number of carbonyl (C=O) groups is 1. The lowest BCUT2D eigenvalue weighted by Crippen LogP contribution is -2.11. The quantitative estimate of drug-likeness (QED) is 0.855. The standard InChI is InChI=1S/C17H20N2O/c1-17(2,3)10-8-13-4-6-14(7-5-13)16(20)19-15-9-11-18-12-15/h4-12,18H,1-3H3,(H,19,20)/b10-8+. The minimum atomic E-state index is -0.101. The molecule has 2 N–H and O–H groups in total. The van der Waals surface area contributed by atoms with E-state index in [1.54, 1.807) is 12.4 Å². The Labute approximate surface area is 119 Å². The summed E-state index contributed by atoms with van der Waals surface area (Å²) in [5, 5.41) is 2.83. The number of allylic oxidation sites excluding steroid dienone is 1. The number of rotatable bonds is 3. The van der Waals surface area contributed by atoms with Crippen molar-refractivity contribution in [3.05, 3.63) is 59.9 Å². The highest BCUT2D eigenvalue weighted by Gasteiger charge is 2.06. The first kappa shape index (κ1) is 14.1. The molecular formula is C17H20N2O. The number of H-pyrrole nitrogens is 1. The Kier molecular flexibility index (Phi) is 4.08. The molecule has 0 atom stereocenters. The minimum absolute atomic E-state index is 0.101. The zero-order valence-corrected chi connectivity index (χ0v) is 12.1. The summed E-state index contributed by atoms with van der Waals surface area (Å²) in [5.74, 6) is -0.101. The number of hydrogen-bond acceptors (Lipinski definition) is 1. The van der Waals surface area contributed by atoms with E-state index >= 15 is 0 Å². The van der Waals surface area contributed by atoms with Crippen molar-refractivity contribution < 1.29 is 4.79 Å². The number of nitrogens with one attached hydrogen (secondary N) is 2. The largest absolute Gasteiger partial charge is 0.366 e. The van der Waals surface area contributed by atoms with Crippen molar-refractivity contribution in [2.24, 2.45) is 5.41 Å². The van der Waals surface area contributed by atoms with Gasteiger partial charge in [-0.3, -0.25) is 4.79 Å². The molecule has 1 amide bonds. The topological polar surface area (TPSA) is 44.9 Å². The van der Waals surface area contributed by atoms with Crippen LogP contribution in [0.25, 0.3) is 6.08 Å². The van der Waals surface area contributed by atoms with Crippen LogP contribution in [0.1, 0.15) is 36.7 Å². The lowest BCUT2D eigenvalue weighted by Gasteiger charge is -2.11. The van der Waals surface area contributed by atoms with Crippen LogP contribution in [0.3, 0.4) is 0 Å². The van der Waals surface area contributed by atoms with Gasteiger partial charge in [0.25, 0.3) is 5.91 Å². The summed E-state index contributed by atoms with van der Waals surface area (Å²) in [7, 11) is 0. The number of carbonyl (C=O) groups excluding carboxylic acids is 1. The van der Waals surface area contributed by atoms with Gasteiger partial charge in [-0.25, -0.2) is 0 Å². The van der Waals surface area contributed by atoms with Crippen LogP contribution in [-0.2, 0) is 0 Å². The van der Waals surface area contributed by atoms with Gasteiger partial charge in [0.2, 0.25) is 0 Å². The van der Waals surface area contributed by atoms with E-state index in [9.17, 15) is 4.79 Å². The van der Waals surface area contributed by atoms with Crippen molar-refractivity contribution in [1.29, 1.82) is 0 Å². The minimum Gasteiger partial charge on any atom is -0.366 e. The monoisotopic (exact) mass is 268 g/mol. The summed E-state index contributed by atoms with van der Waals surface area (Å²) in [5.41, 5.74) is 2.67. The molecule has 2 aromatic rings. The third-order valence-electron chi connectivity index (χ3n) is 2.80. The second-order valence-corrected chi connectivity index (χ2v) is 5.88. The van der Waals surface area contributed by atoms with E-state index in [4.69, 9.17) is 0 Å². The first-order chi connectivity index (χ1) is 9.44. The summed E-state index contributed by atoms with van der Waals surface area (Å²) in [6.45, 7) is 6.46. The third kappa shape index (κ3) is 4.12. The molecule has 20 heavy (non-hydrogen) atoms. The number of anilines is 1. The van der Waals surface area contributed by atoms with E-state index < -0.39 is 0 Å². The van der Waals surface area contributed by atoms with Crippen LogP contribution in [0.2, 0.25) is 0 Å². The Hall–Kier alpha value is -2.29. The SMILES string of the molecule is CC(C)(C)/C=C/c1ccc(C(=O)Nc2cc[nH]c2)cc1. The molecule has 2 rings (SSSR count). The highest BCUT2D eigenvalue weighted by molar-refractivity contribution is 6.04. The van der Waals surface area contributed by atoms with E-state index in [1.165, 1.54) is 0 Å². The number of amides is 1. The average Bonchev–Trinajstić information content (AvgIpc) is 2.89. The van der Waals surface area contributed by atoms with Gasteiger partial charge in [0.05, 0.1) is 5.69 Å². The summed E-state index contributed by atoms with van der Waals surface area (Å²) in [6, 6.07) is 9.40. The maximum Gasteiger partial charge on any atom is 0.255 e. The van der Waals surface area contributed by atoms with E-state index in [1.807, 2.05) is 30.3 Å². The van der Waals surface area contributed by atoms with Crippen LogP contribution < -0.4 is 5.32 Å². The molecule has 0 saturated heterocycles. The summed E-state index contributed by atoms with van der Waals surface area (Å²) >= 11 is 0. The fraction of sp³-hybridized carbons (Fsp3) is 0.235. The number of hydrogen-bond donors (Lipinski definition) is 2. The molecule has 1 heterocycles. The van der Waals surface area contributed by atoms with Crippen LogP contribution in [0, 0.1) is 5.41 Å². The molecule has 3 heteroatoms. The number of benzene rings is 1. The Bertz CT molecular complexity index is 587. The van der Waals surface area contributed by atoms with Crippen molar-refractivity contribution in [1.82, 2.24) is 4.98 Å². The molecule has 0 bridgehead atoms. The molecule has 3 nitrogen and oxygen atoms in total. The van der Waals surface area contributed by atoms with Crippen LogP contribution in [0.4, 0.5) is 5.69 Å². The lowest BCUT2D eigenvalue weighted by molar-refractivity contribution is 0.102. The van der Waals surface area contributed by atoms with Gasteiger partial charge in [0.1, 0.15) is 0 Å². The van der Waals surface area contributed by atoms with Crippen LogP contribution in [0.15, 0.2) is 48.8 Å². The van der Waals surface area contributed by atoms with Crippen molar-refractivity contribution in [3.8, 4) is 0 Å². The number of aromatic nitrogens is 1. The second kappa shape index (κ2) is 5.78. The van der Waals surface area contributed by atoms with Crippen molar-refractivity contribution in [2.75, 3.05) is 5.32 Å². The van der Waals surface area contributed by atoms with Crippen LogP contribution in [0.5, 0.6) is 0 Å². The highest BCUT2D eigenvalue weighted by atomic mass is 16.1. The Morgan fingerprint density at radius 1 is 1.15 bits per heavy atom. The maximum absolute atomic E-state index is 12.0. The molecule has 0 unspecified atom stereocenters. The van der Waals surface area contributed by atoms with Crippen LogP contribution >= 0.6 is 0 Å². The normalized spacial score (nSPS) is 11.8. The summed E-state index contributed by atoms with van der Waals surface area (Å²) in [6.07, 6.45) is 7.75. The zero-order valence-electron chi connectivity index (χ0n) is 12.1. The molecule has 1 aromatic heterocycles. The zero-order chi connectivity index (χ0) is 14.6. The molecule has 104 valence electrons. The molecule has 1 aromatic carbocycles. The van der Waals surface area contributed by atoms with Gasteiger partial charge in [-0.1, -0.05) is 45.1 Å².